The highest BCUT2D eigenvalue weighted by molar-refractivity contribution is 6.30. The summed E-state index contributed by atoms with van der Waals surface area (Å²) in [5.41, 5.74) is 3.92. The van der Waals surface area contributed by atoms with Crippen LogP contribution in [-0.2, 0) is 11.3 Å². The van der Waals surface area contributed by atoms with Gasteiger partial charge in [0, 0.05) is 30.3 Å². The molecule has 0 saturated carbocycles. The largest absolute Gasteiger partial charge is 0.378 e. The van der Waals surface area contributed by atoms with Gasteiger partial charge in [-0.2, -0.15) is 0 Å². The van der Waals surface area contributed by atoms with Crippen molar-refractivity contribution in [1.29, 1.82) is 0 Å². The monoisotopic (exact) mass is 411 g/mol. The fourth-order valence-corrected chi connectivity index (χ4v) is 3.49. The minimum absolute atomic E-state index is 0.256. The van der Waals surface area contributed by atoms with Gasteiger partial charge in [-0.25, -0.2) is 4.68 Å². The second-order valence-corrected chi connectivity index (χ2v) is 7.30. The van der Waals surface area contributed by atoms with Crippen molar-refractivity contribution in [3.05, 3.63) is 70.5 Å². The van der Waals surface area contributed by atoms with E-state index in [1.54, 1.807) is 16.8 Å². The van der Waals surface area contributed by atoms with Crippen LogP contribution in [0.3, 0.4) is 0 Å². The maximum Gasteiger partial charge on any atom is 0.274 e. The number of ether oxygens (including phenoxy) is 1. The molecule has 1 saturated heterocycles. The summed E-state index contributed by atoms with van der Waals surface area (Å²) in [6, 6.07) is 15.5. The lowest BCUT2D eigenvalue weighted by Gasteiger charge is -2.28. The van der Waals surface area contributed by atoms with E-state index in [2.05, 4.69) is 32.7 Å². The van der Waals surface area contributed by atoms with Crippen LogP contribution >= 0.6 is 11.6 Å². The van der Waals surface area contributed by atoms with E-state index in [1.165, 1.54) is 5.69 Å². The van der Waals surface area contributed by atoms with Gasteiger partial charge in [-0.1, -0.05) is 35.0 Å². The van der Waals surface area contributed by atoms with Crippen molar-refractivity contribution < 1.29 is 9.53 Å². The highest BCUT2D eigenvalue weighted by atomic mass is 35.5. The molecule has 4 rings (SSSR count). The Morgan fingerprint density at radius 1 is 1.14 bits per heavy atom. The van der Waals surface area contributed by atoms with E-state index in [-0.39, 0.29) is 5.91 Å². The summed E-state index contributed by atoms with van der Waals surface area (Å²) in [6.07, 6.45) is 0. The van der Waals surface area contributed by atoms with Crippen molar-refractivity contribution in [3.63, 3.8) is 0 Å². The van der Waals surface area contributed by atoms with Gasteiger partial charge in [-0.15, -0.1) is 5.10 Å². The Hall–Kier alpha value is -2.90. The third-order valence-corrected chi connectivity index (χ3v) is 5.16. The molecule has 1 aliphatic heterocycles. The van der Waals surface area contributed by atoms with Crippen molar-refractivity contribution in [2.24, 2.45) is 0 Å². The number of anilines is 1. The standard InChI is InChI=1S/C21H22ClN5O2/c1-15-20(24-25-27(15)19-4-2-3-17(22)13-19)21(28)23-14-16-5-7-18(8-6-16)26-9-11-29-12-10-26/h2-8,13H,9-12,14H2,1H3,(H,23,28). The third-order valence-electron chi connectivity index (χ3n) is 4.93. The summed E-state index contributed by atoms with van der Waals surface area (Å²) in [5.74, 6) is -0.256. The SMILES string of the molecule is Cc1c(C(=O)NCc2ccc(N3CCOCC3)cc2)nnn1-c1cccc(Cl)c1. The molecule has 1 amide bonds. The lowest BCUT2D eigenvalue weighted by Crippen LogP contribution is -2.36. The van der Waals surface area contributed by atoms with Gasteiger partial charge in [0.05, 0.1) is 24.6 Å². The van der Waals surface area contributed by atoms with Gasteiger partial charge in [0.2, 0.25) is 0 Å². The van der Waals surface area contributed by atoms with Gasteiger partial charge >= 0.3 is 0 Å². The molecule has 0 spiro atoms. The number of nitrogens with zero attached hydrogens (tertiary/aromatic N) is 4. The lowest BCUT2D eigenvalue weighted by atomic mass is 10.2. The first-order chi connectivity index (χ1) is 14.1. The molecule has 7 nitrogen and oxygen atoms in total. The zero-order valence-electron chi connectivity index (χ0n) is 16.1. The second kappa shape index (κ2) is 8.63. The van der Waals surface area contributed by atoms with Crippen molar-refractivity contribution in [2.45, 2.75) is 13.5 Å². The average molecular weight is 412 g/mol. The van der Waals surface area contributed by atoms with E-state index in [0.29, 0.717) is 23.0 Å². The number of halogens is 1. The van der Waals surface area contributed by atoms with Crippen LogP contribution in [0.15, 0.2) is 48.5 Å². The highest BCUT2D eigenvalue weighted by Crippen LogP contribution is 2.18. The molecule has 1 aliphatic rings. The van der Waals surface area contributed by atoms with Crippen molar-refractivity contribution >= 4 is 23.2 Å². The normalized spacial score (nSPS) is 14.1. The molecule has 3 aromatic rings. The van der Waals surface area contributed by atoms with Gasteiger partial charge in [0.1, 0.15) is 0 Å². The summed E-state index contributed by atoms with van der Waals surface area (Å²) >= 11 is 6.04. The number of nitrogens with one attached hydrogen (secondary N) is 1. The van der Waals surface area contributed by atoms with E-state index in [9.17, 15) is 4.79 Å². The lowest BCUT2D eigenvalue weighted by molar-refractivity contribution is 0.0945. The number of carbonyl (C=O) groups is 1. The Morgan fingerprint density at radius 3 is 2.62 bits per heavy atom. The minimum Gasteiger partial charge on any atom is -0.378 e. The van der Waals surface area contributed by atoms with E-state index >= 15 is 0 Å². The fraction of sp³-hybridized carbons (Fsp3) is 0.286. The zero-order valence-corrected chi connectivity index (χ0v) is 16.9. The van der Waals surface area contributed by atoms with Gasteiger partial charge in [-0.05, 0) is 42.8 Å². The van der Waals surface area contributed by atoms with Crippen molar-refractivity contribution in [2.75, 3.05) is 31.2 Å². The van der Waals surface area contributed by atoms with Crippen LogP contribution in [-0.4, -0.2) is 47.2 Å². The maximum absolute atomic E-state index is 12.6. The molecule has 29 heavy (non-hydrogen) atoms. The number of benzene rings is 2. The molecule has 0 bridgehead atoms. The minimum atomic E-state index is -0.256. The number of aromatic nitrogens is 3. The van der Waals surface area contributed by atoms with Crippen LogP contribution in [0.2, 0.25) is 5.02 Å². The molecule has 1 N–H and O–H groups in total. The summed E-state index contributed by atoms with van der Waals surface area (Å²) in [5, 5.41) is 11.7. The second-order valence-electron chi connectivity index (χ2n) is 6.86. The number of carbonyl (C=O) groups excluding carboxylic acids is 1. The molecular formula is C21H22ClN5O2. The van der Waals surface area contributed by atoms with E-state index in [4.69, 9.17) is 16.3 Å². The number of rotatable bonds is 5. The zero-order chi connectivity index (χ0) is 20.2. The molecule has 1 fully saturated rings. The van der Waals surface area contributed by atoms with Gasteiger partial charge in [0.15, 0.2) is 5.69 Å². The Kier molecular flexibility index (Phi) is 5.78. The van der Waals surface area contributed by atoms with Crippen LogP contribution in [0, 0.1) is 6.92 Å². The van der Waals surface area contributed by atoms with Gasteiger partial charge in [-0.3, -0.25) is 4.79 Å². The number of hydrogen-bond donors (Lipinski definition) is 1. The number of amides is 1. The van der Waals surface area contributed by atoms with Crippen LogP contribution in [0.25, 0.3) is 5.69 Å². The first kappa shape index (κ1) is 19.4. The molecule has 8 heteroatoms. The first-order valence-electron chi connectivity index (χ1n) is 9.50. The van der Waals surface area contributed by atoms with Crippen LogP contribution in [0.1, 0.15) is 21.7 Å². The van der Waals surface area contributed by atoms with Gasteiger partial charge < -0.3 is 15.0 Å². The molecule has 2 heterocycles. The van der Waals surface area contributed by atoms with E-state index in [0.717, 1.165) is 37.6 Å². The maximum atomic E-state index is 12.6. The molecule has 0 aliphatic carbocycles. The summed E-state index contributed by atoms with van der Waals surface area (Å²) < 4.78 is 7.00. The van der Waals surface area contributed by atoms with Crippen LogP contribution in [0.4, 0.5) is 5.69 Å². The smallest absolute Gasteiger partial charge is 0.274 e. The van der Waals surface area contributed by atoms with E-state index < -0.39 is 0 Å². The topological polar surface area (TPSA) is 72.3 Å². The molecule has 150 valence electrons. The highest BCUT2D eigenvalue weighted by Gasteiger charge is 2.17. The Morgan fingerprint density at radius 2 is 1.90 bits per heavy atom. The fourth-order valence-electron chi connectivity index (χ4n) is 3.30. The van der Waals surface area contributed by atoms with Gasteiger partial charge in [0.25, 0.3) is 5.91 Å². The first-order valence-corrected chi connectivity index (χ1v) is 9.88. The number of morpholine rings is 1. The van der Waals surface area contributed by atoms with Crippen LogP contribution in [0.5, 0.6) is 0 Å². The predicted octanol–water partition coefficient (Wildman–Crippen LogP) is 3.00. The molecule has 2 aromatic carbocycles. The van der Waals surface area contributed by atoms with Crippen molar-refractivity contribution in [3.8, 4) is 5.69 Å². The van der Waals surface area contributed by atoms with Crippen molar-refractivity contribution in [1.82, 2.24) is 20.3 Å². The molecule has 0 unspecified atom stereocenters. The Labute approximate surface area is 174 Å². The third kappa shape index (κ3) is 4.41. The summed E-state index contributed by atoms with van der Waals surface area (Å²) in [4.78, 5) is 14.9. The average Bonchev–Trinajstić information content (AvgIpc) is 3.14. The van der Waals surface area contributed by atoms with E-state index in [1.807, 2.05) is 31.2 Å². The molecular weight excluding hydrogens is 390 g/mol. The Balaban J connectivity index is 1.40. The predicted molar refractivity (Wildman–Crippen MR) is 112 cm³/mol. The quantitative estimate of drug-likeness (QED) is 0.698. The summed E-state index contributed by atoms with van der Waals surface area (Å²) in [7, 11) is 0. The molecule has 0 radical (unpaired) electrons. The molecule has 0 atom stereocenters. The van der Waals surface area contributed by atoms with Crippen LogP contribution < -0.4 is 10.2 Å². The summed E-state index contributed by atoms with van der Waals surface area (Å²) in [6.45, 7) is 5.55. The Bertz CT molecular complexity index is 997. The number of hydrogen-bond acceptors (Lipinski definition) is 5. The molecule has 1 aromatic heterocycles.